The normalized spacial score (nSPS) is 20.6. The van der Waals surface area contributed by atoms with Gasteiger partial charge in [0.05, 0.1) is 11.4 Å². The van der Waals surface area contributed by atoms with E-state index in [2.05, 4.69) is 16.3 Å². The van der Waals surface area contributed by atoms with Crippen molar-refractivity contribution in [3.63, 3.8) is 0 Å². The minimum Gasteiger partial charge on any atom is -0.370 e. The van der Waals surface area contributed by atoms with Gasteiger partial charge in [-0.3, -0.25) is 4.79 Å². The van der Waals surface area contributed by atoms with E-state index in [0.29, 0.717) is 6.42 Å². The van der Waals surface area contributed by atoms with E-state index >= 15 is 0 Å². The number of rotatable bonds is 4. The Morgan fingerprint density at radius 3 is 2.55 bits per heavy atom. The van der Waals surface area contributed by atoms with Crippen molar-refractivity contribution in [2.45, 2.75) is 44.1 Å². The third-order valence-corrected chi connectivity index (χ3v) is 4.49. The van der Waals surface area contributed by atoms with Crippen LogP contribution in [-0.4, -0.2) is 24.5 Å². The van der Waals surface area contributed by atoms with Gasteiger partial charge in [0, 0.05) is 25.0 Å². The highest BCUT2D eigenvalue weighted by atomic mass is 16.1. The number of anilines is 2. The maximum Gasteiger partial charge on any atom is 0.226 e. The Hall–Kier alpha value is -1.55. The second-order valence-corrected chi connectivity index (χ2v) is 6.15. The van der Waals surface area contributed by atoms with E-state index in [0.717, 1.165) is 43.7 Å². The lowest BCUT2D eigenvalue weighted by Gasteiger charge is -2.37. The minimum absolute atomic E-state index is 0.0406. The Morgan fingerprint density at radius 1 is 1.20 bits per heavy atom. The Balaban J connectivity index is 1.68. The Morgan fingerprint density at radius 2 is 1.90 bits per heavy atom. The maximum absolute atomic E-state index is 12.2. The van der Waals surface area contributed by atoms with E-state index in [-0.39, 0.29) is 11.4 Å². The third kappa shape index (κ3) is 2.80. The summed E-state index contributed by atoms with van der Waals surface area (Å²) in [4.78, 5) is 14.5. The number of nitrogens with zero attached hydrogens (tertiary/aromatic N) is 1. The van der Waals surface area contributed by atoms with E-state index in [9.17, 15) is 4.79 Å². The number of nitrogens with one attached hydrogen (secondary N) is 1. The molecular weight excluding hydrogens is 250 g/mol. The molecule has 0 aromatic heterocycles. The number of amides is 1. The van der Waals surface area contributed by atoms with Gasteiger partial charge in [0.25, 0.3) is 0 Å². The predicted octanol–water partition coefficient (Wildman–Crippen LogP) is 2.50. The van der Waals surface area contributed by atoms with Crippen LogP contribution in [-0.2, 0) is 4.79 Å². The molecule has 1 heterocycles. The first kappa shape index (κ1) is 13.4. The van der Waals surface area contributed by atoms with E-state index in [1.165, 1.54) is 12.8 Å². The second-order valence-electron chi connectivity index (χ2n) is 6.15. The fraction of sp³-hybridized carbons (Fsp3) is 0.562. The first-order valence-corrected chi connectivity index (χ1v) is 7.59. The zero-order valence-electron chi connectivity index (χ0n) is 11.9. The van der Waals surface area contributed by atoms with Crippen molar-refractivity contribution in [1.29, 1.82) is 0 Å². The average Bonchev–Trinajstić information content (AvgIpc) is 2.91. The standard InChI is InChI=1S/C16H23N3O/c17-16(8-5-9-16)12-15(20)18-13-6-1-2-7-14(13)19-10-3-4-11-19/h1-2,6-7H,3-5,8-12,17H2,(H,18,20). The zero-order valence-corrected chi connectivity index (χ0v) is 11.9. The highest BCUT2D eigenvalue weighted by Gasteiger charge is 2.34. The van der Waals surface area contributed by atoms with Crippen LogP contribution in [0.4, 0.5) is 11.4 Å². The lowest BCUT2D eigenvalue weighted by Crippen LogP contribution is -2.49. The van der Waals surface area contributed by atoms with Crippen molar-refractivity contribution in [1.82, 2.24) is 0 Å². The van der Waals surface area contributed by atoms with Gasteiger partial charge >= 0.3 is 0 Å². The number of hydrogen-bond acceptors (Lipinski definition) is 3. The summed E-state index contributed by atoms with van der Waals surface area (Å²) in [5.41, 5.74) is 7.94. The van der Waals surface area contributed by atoms with Crippen molar-refractivity contribution in [2.24, 2.45) is 5.73 Å². The van der Waals surface area contributed by atoms with Gasteiger partial charge in [0.2, 0.25) is 5.91 Å². The molecule has 1 saturated carbocycles. The number of carbonyl (C=O) groups is 1. The maximum atomic E-state index is 12.2. The summed E-state index contributed by atoms with van der Waals surface area (Å²) >= 11 is 0. The highest BCUT2D eigenvalue weighted by Crippen LogP contribution is 2.33. The van der Waals surface area contributed by atoms with Crippen molar-refractivity contribution in [2.75, 3.05) is 23.3 Å². The lowest BCUT2D eigenvalue weighted by molar-refractivity contribution is -0.118. The average molecular weight is 273 g/mol. The number of benzene rings is 1. The lowest BCUT2D eigenvalue weighted by atomic mass is 9.75. The summed E-state index contributed by atoms with van der Waals surface area (Å²) in [6, 6.07) is 8.06. The van der Waals surface area contributed by atoms with E-state index in [1.54, 1.807) is 0 Å². The first-order chi connectivity index (χ1) is 9.66. The molecule has 1 aromatic carbocycles. The van der Waals surface area contributed by atoms with E-state index < -0.39 is 0 Å². The molecule has 20 heavy (non-hydrogen) atoms. The molecule has 2 fully saturated rings. The predicted molar refractivity (Wildman–Crippen MR) is 81.9 cm³/mol. The van der Waals surface area contributed by atoms with Crippen LogP contribution in [0.25, 0.3) is 0 Å². The van der Waals surface area contributed by atoms with Crippen LogP contribution < -0.4 is 16.0 Å². The molecule has 0 bridgehead atoms. The van der Waals surface area contributed by atoms with Crippen LogP contribution in [0.2, 0.25) is 0 Å². The van der Waals surface area contributed by atoms with Gasteiger partial charge in [-0.15, -0.1) is 0 Å². The molecule has 1 amide bonds. The van der Waals surface area contributed by atoms with Gasteiger partial charge in [-0.1, -0.05) is 12.1 Å². The molecule has 0 spiro atoms. The topological polar surface area (TPSA) is 58.4 Å². The highest BCUT2D eigenvalue weighted by molar-refractivity contribution is 5.95. The molecule has 0 radical (unpaired) electrons. The van der Waals surface area contributed by atoms with Gasteiger partial charge in [0.15, 0.2) is 0 Å². The summed E-state index contributed by atoms with van der Waals surface area (Å²) in [5, 5.41) is 3.05. The second kappa shape index (κ2) is 5.44. The zero-order chi connectivity index (χ0) is 14.0. The smallest absolute Gasteiger partial charge is 0.226 e. The van der Waals surface area contributed by atoms with Crippen LogP contribution in [0.15, 0.2) is 24.3 Å². The van der Waals surface area contributed by atoms with Crippen molar-refractivity contribution < 1.29 is 4.79 Å². The molecule has 3 rings (SSSR count). The van der Waals surface area contributed by atoms with E-state index in [4.69, 9.17) is 5.73 Å². The van der Waals surface area contributed by atoms with Gasteiger partial charge in [-0.25, -0.2) is 0 Å². The van der Waals surface area contributed by atoms with Crippen molar-refractivity contribution >= 4 is 17.3 Å². The molecule has 1 saturated heterocycles. The quantitative estimate of drug-likeness (QED) is 0.886. The van der Waals surface area contributed by atoms with E-state index in [1.807, 2.05) is 18.2 Å². The number of nitrogens with two attached hydrogens (primary N) is 1. The molecule has 0 atom stereocenters. The number of para-hydroxylation sites is 2. The molecule has 1 aliphatic carbocycles. The fourth-order valence-corrected chi connectivity index (χ4v) is 3.13. The molecule has 1 aliphatic heterocycles. The molecule has 108 valence electrons. The van der Waals surface area contributed by atoms with Crippen LogP contribution in [0, 0.1) is 0 Å². The molecule has 0 unspecified atom stereocenters. The molecular formula is C16H23N3O. The van der Waals surface area contributed by atoms with Crippen LogP contribution in [0.3, 0.4) is 0 Å². The first-order valence-electron chi connectivity index (χ1n) is 7.59. The molecule has 2 aliphatic rings. The van der Waals surface area contributed by atoms with Crippen LogP contribution in [0.1, 0.15) is 38.5 Å². The third-order valence-electron chi connectivity index (χ3n) is 4.49. The summed E-state index contributed by atoms with van der Waals surface area (Å²) in [6.07, 6.45) is 5.97. The van der Waals surface area contributed by atoms with Gasteiger partial charge in [-0.05, 0) is 44.2 Å². The minimum atomic E-state index is -0.257. The summed E-state index contributed by atoms with van der Waals surface area (Å²) < 4.78 is 0. The van der Waals surface area contributed by atoms with Gasteiger partial charge < -0.3 is 16.0 Å². The van der Waals surface area contributed by atoms with Crippen LogP contribution >= 0.6 is 0 Å². The molecule has 3 N–H and O–H groups in total. The summed E-state index contributed by atoms with van der Waals surface area (Å²) in [5.74, 6) is 0.0406. The van der Waals surface area contributed by atoms with Crippen molar-refractivity contribution in [3.05, 3.63) is 24.3 Å². The number of carbonyl (C=O) groups excluding carboxylic acids is 1. The van der Waals surface area contributed by atoms with Crippen LogP contribution in [0.5, 0.6) is 0 Å². The fourth-order valence-electron chi connectivity index (χ4n) is 3.13. The summed E-state index contributed by atoms with van der Waals surface area (Å²) in [6.45, 7) is 2.15. The van der Waals surface area contributed by atoms with Crippen molar-refractivity contribution in [3.8, 4) is 0 Å². The monoisotopic (exact) mass is 273 g/mol. The van der Waals surface area contributed by atoms with Gasteiger partial charge in [-0.2, -0.15) is 0 Å². The summed E-state index contributed by atoms with van der Waals surface area (Å²) in [7, 11) is 0. The molecule has 4 heteroatoms. The largest absolute Gasteiger partial charge is 0.370 e. The van der Waals surface area contributed by atoms with Gasteiger partial charge in [0.1, 0.15) is 0 Å². The Kier molecular flexibility index (Phi) is 3.66. The Bertz CT molecular complexity index is 490. The number of hydrogen-bond donors (Lipinski definition) is 2. The molecule has 1 aromatic rings. The SMILES string of the molecule is NC1(CC(=O)Nc2ccccc2N2CCCC2)CCC1. The molecule has 4 nitrogen and oxygen atoms in total. The Labute approximate surface area is 120 Å².